The van der Waals surface area contributed by atoms with Crippen LogP contribution < -0.4 is 0 Å². The van der Waals surface area contributed by atoms with Crippen molar-refractivity contribution >= 4 is 12.0 Å². The Hall–Kier alpha value is -1.65. The third-order valence-electron chi connectivity index (χ3n) is 5.51. The Morgan fingerprint density at radius 1 is 1.24 bits per heavy atom. The zero-order chi connectivity index (χ0) is 17.7. The van der Waals surface area contributed by atoms with Gasteiger partial charge < -0.3 is 9.64 Å². The van der Waals surface area contributed by atoms with Gasteiger partial charge in [-0.25, -0.2) is 0 Å². The second-order valence-electron chi connectivity index (χ2n) is 7.53. The summed E-state index contributed by atoms with van der Waals surface area (Å²) in [7, 11) is 1.70. The largest absolute Gasteiger partial charge is 0.383 e. The number of amides is 1. The van der Waals surface area contributed by atoms with Gasteiger partial charge in [-0.2, -0.15) is 0 Å². The molecule has 0 N–H and O–H groups in total. The Morgan fingerprint density at radius 2 is 2.04 bits per heavy atom. The Bertz CT molecular complexity index is 614. The molecule has 1 atom stereocenters. The van der Waals surface area contributed by atoms with Crippen LogP contribution in [0.2, 0.25) is 0 Å². The third-order valence-corrected chi connectivity index (χ3v) is 5.51. The molecule has 0 saturated carbocycles. The fourth-order valence-electron chi connectivity index (χ4n) is 4.27. The lowest BCUT2D eigenvalue weighted by Gasteiger charge is -2.39. The second-order valence-corrected chi connectivity index (χ2v) is 7.53. The third kappa shape index (κ3) is 4.31. The first-order valence-corrected chi connectivity index (χ1v) is 9.36. The number of likely N-dealkylation sites (tertiary alicyclic amines) is 2. The van der Waals surface area contributed by atoms with Crippen molar-refractivity contribution in [1.29, 1.82) is 0 Å². The van der Waals surface area contributed by atoms with Gasteiger partial charge in [-0.05, 0) is 38.3 Å². The molecule has 2 heterocycles. The fourth-order valence-corrected chi connectivity index (χ4v) is 4.27. The van der Waals surface area contributed by atoms with Gasteiger partial charge in [-0.3, -0.25) is 9.69 Å². The molecule has 1 amide bonds. The summed E-state index contributed by atoms with van der Waals surface area (Å²) < 4.78 is 5.16. The maximum absolute atomic E-state index is 13.0. The van der Waals surface area contributed by atoms with Gasteiger partial charge in [0.1, 0.15) is 0 Å². The average molecular weight is 342 g/mol. The van der Waals surface area contributed by atoms with E-state index in [-0.39, 0.29) is 5.41 Å². The van der Waals surface area contributed by atoms with E-state index >= 15 is 0 Å². The molecule has 136 valence electrons. The molecule has 2 saturated heterocycles. The van der Waals surface area contributed by atoms with Crippen molar-refractivity contribution in [3.8, 4) is 0 Å². The predicted octanol–water partition coefficient (Wildman–Crippen LogP) is 3.05. The van der Waals surface area contributed by atoms with Crippen LogP contribution in [0.3, 0.4) is 0 Å². The molecule has 1 unspecified atom stereocenters. The Labute approximate surface area is 151 Å². The summed E-state index contributed by atoms with van der Waals surface area (Å²) in [4.78, 5) is 17.5. The lowest BCUT2D eigenvalue weighted by atomic mass is 9.78. The minimum Gasteiger partial charge on any atom is -0.383 e. The van der Waals surface area contributed by atoms with Gasteiger partial charge in [0.05, 0.1) is 12.0 Å². The molecule has 0 aliphatic carbocycles. The molecule has 25 heavy (non-hydrogen) atoms. The summed E-state index contributed by atoms with van der Waals surface area (Å²) >= 11 is 0. The molecule has 0 bridgehead atoms. The number of nitrogens with zero attached hydrogens (tertiary/aromatic N) is 2. The van der Waals surface area contributed by atoms with E-state index in [4.69, 9.17) is 4.74 Å². The quantitative estimate of drug-likeness (QED) is 0.796. The molecule has 4 heteroatoms. The minimum atomic E-state index is -0.154. The van der Waals surface area contributed by atoms with Crippen LogP contribution in [0.1, 0.15) is 31.7 Å². The SMILES string of the molecule is COCCN1CCCC2(CCN(CC(C)=Cc3ccccc3)C2)C1=O. The molecule has 0 aromatic heterocycles. The molecule has 4 nitrogen and oxygen atoms in total. The van der Waals surface area contributed by atoms with Crippen LogP contribution in [-0.4, -0.2) is 62.1 Å². The number of ether oxygens (including phenoxy) is 1. The summed E-state index contributed by atoms with van der Waals surface area (Å²) in [5.41, 5.74) is 2.44. The summed E-state index contributed by atoms with van der Waals surface area (Å²) in [6.07, 6.45) is 5.39. The monoisotopic (exact) mass is 342 g/mol. The van der Waals surface area contributed by atoms with Crippen LogP contribution in [0, 0.1) is 5.41 Å². The van der Waals surface area contributed by atoms with Gasteiger partial charge in [-0.1, -0.05) is 42.0 Å². The van der Waals surface area contributed by atoms with Crippen LogP contribution in [0.15, 0.2) is 35.9 Å². The highest BCUT2D eigenvalue weighted by molar-refractivity contribution is 5.84. The second kappa shape index (κ2) is 8.15. The normalized spacial score (nSPS) is 25.1. The van der Waals surface area contributed by atoms with Gasteiger partial charge in [0.2, 0.25) is 5.91 Å². The molecule has 1 aromatic carbocycles. The lowest BCUT2D eigenvalue weighted by Crippen LogP contribution is -2.51. The number of methoxy groups -OCH3 is 1. The first-order chi connectivity index (χ1) is 12.1. The molecule has 3 rings (SSSR count). The van der Waals surface area contributed by atoms with Gasteiger partial charge in [0.15, 0.2) is 0 Å². The van der Waals surface area contributed by atoms with Gasteiger partial charge in [0.25, 0.3) is 0 Å². The molecular weight excluding hydrogens is 312 g/mol. The van der Waals surface area contributed by atoms with Crippen LogP contribution in [0.25, 0.3) is 6.08 Å². The fraction of sp³-hybridized carbons (Fsp3) is 0.571. The summed E-state index contributed by atoms with van der Waals surface area (Å²) in [6, 6.07) is 10.4. The number of benzene rings is 1. The Kier molecular flexibility index (Phi) is 5.92. The number of carbonyl (C=O) groups excluding carboxylic acids is 1. The molecule has 2 fully saturated rings. The number of carbonyl (C=O) groups is 1. The van der Waals surface area contributed by atoms with Gasteiger partial charge in [0, 0.05) is 33.3 Å². The average Bonchev–Trinajstić information content (AvgIpc) is 3.00. The topological polar surface area (TPSA) is 32.8 Å². The highest BCUT2D eigenvalue weighted by Gasteiger charge is 2.47. The zero-order valence-corrected chi connectivity index (χ0v) is 15.5. The van der Waals surface area contributed by atoms with Crippen molar-refractivity contribution in [2.75, 3.05) is 46.4 Å². The summed E-state index contributed by atoms with van der Waals surface area (Å²) in [5, 5.41) is 0. The predicted molar refractivity (Wildman–Crippen MR) is 101 cm³/mol. The van der Waals surface area contributed by atoms with Gasteiger partial charge >= 0.3 is 0 Å². The molecule has 2 aliphatic rings. The maximum atomic E-state index is 13.0. The van der Waals surface area contributed by atoms with E-state index in [1.54, 1.807) is 7.11 Å². The Balaban J connectivity index is 1.60. The van der Waals surface area contributed by atoms with E-state index in [2.05, 4.69) is 42.2 Å². The summed E-state index contributed by atoms with van der Waals surface area (Å²) in [5.74, 6) is 0.350. The minimum absolute atomic E-state index is 0.154. The van der Waals surface area contributed by atoms with E-state index in [1.807, 2.05) is 11.0 Å². The van der Waals surface area contributed by atoms with E-state index in [9.17, 15) is 4.79 Å². The van der Waals surface area contributed by atoms with Crippen LogP contribution in [0.5, 0.6) is 0 Å². The van der Waals surface area contributed by atoms with E-state index < -0.39 is 0 Å². The van der Waals surface area contributed by atoms with E-state index in [1.165, 1.54) is 11.1 Å². The number of rotatable bonds is 6. The van der Waals surface area contributed by atoms with E-state index in [0.29, 0.717) is 12.5 Å². The van der Waals surface area contributed by atoms with Gasteiger partial charge in [-0.15, -0.1) is 0 Å². The highest BCUT2D eigenvalue weighted by atomic mass is 16.5. The Morgan fingerprint density at radius 3 is 2.80 bits per heavy atom. The number of piperidine rings is 1. The van der Waals surface area contributed by atoms with Crippen molar-refractivity contribution in [2.24, 2.45) is 5.41 Å². The molecule has 1 spiro atoms. The lowest BCUT2D eigenvalue weighted by molar-refractivity contribution is -0.146. The van der Waals surface area contributed by atoms with Crippen molar-refractivity contribution in [3.63, 3.8) is 0 Å². The first-order valence-electron chi connectivity index (χ1n) is 9.36. The zero-order valence-electron chi connectivity index (χ0n) is 15.5. The van der Waals surface area contributed by atoms with Crippen molar-refractivity contribution < 1.29 is 9.53 Å². The van der Waals surface area contributed by atoms with Crippen molar-refractivity contribution in [3.05, 3.63) is 41.5 Å². The number of hydrogen-bond donors (Lipinski definition) is 0. The molecule has 2 aliphatic heterocycles. The van der Waals surface area contributed by atoms with Crippen LogP contribution in [-0.2, 0) is 9.53 Å². The first kappa shape index (κ1) is 18.2. The molecular formula is C21H30N2O2. The highest BCUT2D eigenvalue weighted by Crippen LogP contribution is 2.40. The summed E-state index contributed by atoms with van der Waals surface area (Å²) in [6.45, 7) is 7.29. The van der Waals surface area contributed by atoms with Crippen LogP contribution >= 0.6 is 0 Å². The maximum Gasteiger partial charge on any atom is 0.230 e. The van der Waals surface area contributed by atoms with Crippen molar-refractivity contribution in [2.45, 2.75) is 26.2 Å². The number of hydrogen-bond acceptors (Lipinski definition) is 3. The van der Waals surface area contributed by atoms with Crippen molar-refractivity contribution in [1.82, 2.24) is 9.80 Å². The standard InChI is InChI=1S/C21H30N2O2/c1-18(15-19-7-4-3-5-8-19)16-22-12-10-21(17-22)9-6-11-23(20(21)24)13-14-25-2/h3-5,7-8,15H,6,9-14,16-17H2,1-2H3. The molecule has 1 aromatic rings. The van der Waals surface area contributed by atoms with Crippen LogP contribution in [0.4, 0.5) is 0 Å². The van der Waals surface area contributed by atoms with E-state index in [0.717, 1.165) is 52.0 Å². The molecule has 0 radical (unpaired) electrons. The smallest absolute Gasteiger partial charge is 0.230 e.